The Kier molecular flexibility index (Phi) is 7.02. The van der Waals surface area contributed by atoms with E-state index in [0.717, 1.165) is 12.1 Å². The van der Waals surface area contributed by atoms with E-state index >= 15 is 0 Å². The van der Waals surface area contributed by atoms with Gasteiger partial charge in [-0.25, -0.2) is 22.0 Å². The zero-order valence-corrected chi connectivity index (χ0v) is 11.9. The van der Waals surface area contributed by atoms with E-state index < -0.39 is 51.7 Å². The van der Waals surface area contributed by atoms with Gasteiger partial charge in [-0.15, -0.1) is 0 Å². The third kappa shape index (κ3) is 3.24. The van der Waals surface area contributed by atoms with Crippen LogP contribution in [-0.2, 0) is 17.1 Å². The fraction of sp³-hybridized carbons (Fsp3) is 0. The SMILES string of the molecule is O=C([O-])c1ccccc1-c1c(F)c(F)c(F)c(F)c1F.[Cl-].[Cu+2]. The van der Waals surface area contributed by atoms with Gasteiger partial charge in [0.25, 0.3) is 0 Å². The minimum atomic E-state index is -2.31. The Labute approximate surface area is 137 Å². The van der Waals surface area contributed by atoms with E-state index in [1.54, 1.807) is 0 Å². The molecule has 22 heavy (non-hydrogen) atoms. The molecular weight excluding hydrogens is 382 g/mol. The number of carboxylic acids is 1. The first-order valence-corrected chi connectivity index (χ1v) is 5.18. The van der Waals surface area contributed by atoms with Crippen molar-refractivity contribution in [1.82, 2.24) is 0 Å². The van der Waals surface area contributed by atoms with Crippen molar-refractivity contribution in [2.45, 2.75) is 0 Å². The molecule has 2 nitrogen and oxygen atoms in total. The average molecular weight is 386 g/mol. The fourth-order valence-electron chi connectivity index (χ4n) is 1.72. The number of aromatic carboxylic acids is 1. The van der Waals surface area contributed by atoms with Crippen molar-refractivity contribution in [2.75, 3.05) is 0 Å². The first-order valence-electron chi connectivity index (χ1n) is 5.18. The van der Waals surface area contributed by atoms with Gasteiger partial charge < -0.3 is 22.3 Å². The zero-order valence-electron chi connectivity index (χ0n) is 10.2. The summed E-state index contributed by atoms with van der Waals surface area (Å²) in [5.74, 6) is -12.6. The van der Waals surface area contributed by atoms with Gasteiger partial charge in [-0.2, -0.15) is 0 Å². The summed E-state index contributed by atoms with van der Waals surface area (Å²) in [6, 6.07) is 4.27. The second-order valence-corrected chi connectivity index (χ2v) is 3.78. The van der Waals surface area contributed by atoms with Gasteiger partial charge in [0.2, 0.25) is 5.82 Å². The quantitative estimate of drug-likeness (QED) is 0.300. The van der Waals surface area contributed by atoms with Crippen LogP contribution < -0.4 is 17.5 Å². The molecule has 0 aliphatic heterocycles. The van der Waals surface area contributed by atoms with Crippen LogP contribution >= 0.6 is 0 Å². The van der Waals surface area contributed by atoms with Crippen LogP contribution in [0.4, 0.5) is 22.0 Å². The maximum atomic E-state index is 13.6. The Morgan fingerprint density at radius 1 is 0.818 bits per heavy atom. The van der Waals surface area contributed by atoms with Gasteiger partial charge in [0.05, 0.1) is 11.5 Å². The monoisotopic (exact) mass is 385 g/mol. The molecule has 0 amide bonds. The predicted molar refractivity (Wildman–Crippen MR) is 56.0 cm³/mol. The normalized spacial score (nSPS) is 9.68. The molecule has 0 N–H and O–H groups in total. The summed E-state index contributed by atoms with van der Waals surface area (Å²) in [7, 11) is 0. The van der Waals surface area contributed by atoms with Crippen molar-refractivity contribution in [2.24, 2.45) is 0 Å². The van der Waals surface area contributed by atoms with Crippen LogP contribution in [0.5, 0.6) is 0 Å². The van der Waals surface area contributed by atoms with E-state index in [1.807, 2.05) is 0 Å². The minimum absolute atomic E-state index is 0. The van der Waals surface area contributed by atoms with Crippen LogP contribution in [0.15, 0.2) is 24.3 Å². The largest absolute Gasteiger partial charge is 2.00 e. The Balaban J connectivity index is 0.00000220. The van der Waals surface area contributed by atoms with Crippen molar-refractivity contribution >= 4 is 5.97 Å². The third-order valence-corrected chi connectivity index (χ3v) is 2.63. The van der Waals surface area contributed by atoms with Crippen LogP contribution in [-0.4, -0.2) is 5.97 Å². The molecule has 0 atom stereocenters. The molecule has 0 aliphatic carbocycles. The summed E-state index contributed by atoms with van der Waals surface area (Å²) in [5.41, 5.74) is -2.64. The molecule has 0 heterocycles. The van der Waals surface area contributed by atoms with Crippen molar-refractivity contribution in [3.8, 4) is 11.1 Å². The Bertz CT molecular complexity index is 695. The number of hydrogen-bond acceptors (Lipinski definition) is 2. The molecule has 0 saturated carbocycles. The number of benzene rings is 2. The number of halogens is 6. The molecule has 0 saturated heterocycles. The molecule has 2 rings (SSSR count). The molecule has 0 unspecified atom stereocenters. The Morgan fingerprint density at radius 2 is 1.23 bits per heavy atom. The number of rotatable bonds is 2. The molecule has 1 radical (unpaired) electrons. The van der Waals surface area contributed by atoms with E-state index in [9.17, 15) is 31.9 Å². The summed E-state index contributed by atoms with van der Waals surface area (Å²) < 4.78 is 66.3. The van der Waals surface area contributed by atoms with E-state index in [-0.39, 0.29) is 29.5 Å². The van der Waals surface area contributed by atoms with E-state index in [0.29, 0.717) is 0 Å². The van der Waals surface area contributed by atoms with Crippen LogP contribution in [0, 0.1) is 29.1 Å². The summed E-state index contributed by atoms with van der Waals surface area (Å²) in [5, 5.41) is 10.8. The van der Waals surface area contributed by atoms with Crippen molar-refractivity contribution in [3.63, 3.8) is 0 Å². The summed E-state index contributed by atoms with van der Waals surface area (Å²) in [6.45, 7) is 0. The molecule has 0 fully saturated rings. The Hall–Kier alpha value is -1.63. The summed E-state index contributed by atoms with van der Waals surface area (Å²) >= 11 is 0. The topological polar surface area (TPSA) is 40.1 Å². The van der Waals surface area contributed by atoms with Gasteiger partial charge in [0.15, 0.2) is 23.3 Å². The second-order valence-electron chi connectivity index (χ2n) is 3.78. The number of hydrogen-bond donors (Lipinski definition) is 0. The first kappa shape index (κ1) is 20.4. The van der Waals surface area contributed by atoms with Gasteiger partial charge in [0, 0.05) is 5.56 Å². The van der Waals surface area contributed by atoms with E-state index in [2.05, 4.69) is 0 Å². The maximum Gasteiger partial charge on any atom is 2.00 e. The minimum Gasteiger partial charge on any atom is -1.00 e. The van der Waals surface area contributed by atoms with Gasteiger partial charge >= 0.3 is 17.1 Å². The molecule has 0 aliphatic rings. The zero-order chi connectivity index (χ0) is 15.0. The van der Waals surface area contributed by atoms with Gasteiger partial charge in [0.1, 0.15) is 0 Å². The van der Waals surface area contributed by atoms with Crippen molar-refractivity contribution < 1.29 is 61.3 Å². The maximum absolute atomic E-state index is 13.6. The standard InChI is InChI=1S/C13H5F5O2.ClH.Cu/c14-8-7(9(15)11(17)12(18)10(8)16)5-3-1-2-4-6(5)13(19)20;;/h1-4H,(H,19,20);1H;/q;;+2/p-2. The average Bonchev–Trinajstić information content (AvgIpc) is 2.43. The molecule has 2 aromatic rings. The molecule has 0 spiro atoms. The van der Waals surface area contributed by atoms with Gasteiger partial charge in [-0.05, 0) is 5.56 Å². The Morgan fingerprint density at radius 3 is 1.68 bits per heavy atom. The van der Waals surface area contributed by atoms with Crippen molar-refractivity contribution in [3.05, 3.63) is 58.9 Å². The van der Waals surface area contributed by atoms with Crippen LogP contribution in [0.1, 0.15) is 10.4 Å². The molecule has 0 bridgehead atoms. The van der Waals surface area contributed by atoms with Crippen molar-refractivity contribution in [1.29, 1.82) is 0 Å². The third-order valence-electron chi connectivity index (χ3n) is 2.63. The second kappa shape index (κ2) is 7.58. The predicted octanol–water partition coefficient (Wildman–Crippen LogP) is -0.586. The molecule has 9 heteroatoms. The van der Waals surface area contributed by atoms with Gasteiger partial charge in [-0.3, -0.25) is 0 Å². The summed E-state index contributed by atoms with van der Waals surface area (Å²) in [4.78, 5) is 10.8. The van der Waals surface area contributed by atoms with Gasteiger partial charge in [-0.1, -0.05) is 24.3 Å². The molecular formula is C13H4ClCuF5O2. The van der Waals surface area contributed by atoms with E-state index in [1.165, 1.54) is 12.1 Å². The van der Waals surface area contributed by atoms with E-state index in [4.69, 9.17) is 0 Å². The number of carboxylic acid groups (broad SMARTS) is 1. The molecule has 2 aromatic carbocycles. The van der Waals surface area contributed by atoms with Crippen LogP contribution in [0.3, 0.4) is 0 Å². The van der Waals surface area contributed by atoms with Crippen LogP contribution in [0.25, 0.3) is 11.1 Å². The summed E-state index contributed by atoms with van der Waals surface area (Å²) in [6.07, 6.45) is 0. The smallest absolute Gasteiger partial charge is 1.00 e. The van der Waals surface area contributed by atoms with Crippen LogP contribution in [0.2, 0.25) is 0 Å². The number of carbonyl (C=O) groups is 1. The molecule has 121 valence electrons. The number of carbonyl (C=O) groups excluding carboxylic acids is 1. The molecule has 0 aromatic heterocycles. The first-order chi connectivity index (χ1) is 9.36. The fourth-order valence-corrected chi connectivity index (χ4v) is 1.72.